The number of benzene rings is 2. The van der Waals surface area contributed by atoms with Gasteiger partial charge in [-0.05, 0) is 48.1 Å². The highest BCUT2D eigenvalue weighted by Crippen LogP contribution is 2.18. The van der Waals surface area contributed by atoms with Gasteiger partial charge in [0.05, 0.1) is 19.0 Å². The van der Waals surface area contributed by atoms with Crippen molar-refractivity contribution in [2.75, 3.05) is 20.0 Å². The number of hydrogen-bond acceptors (Lipinski definition) is 5. The summed E-state index contributed by atoms with van der Waals surface area (Å²) in [5.74, 6) is 1.36. The second kappa shape index (κ2) is 10.5. The molecular weight excluding hydrogens is 350 g/mol. The van der Waals surface area contributed by atoms with E-state index in [1.807, 2.05) is 54.8 Å². The maximum Gasteiger partial charge on any atom is 0.239 e. The Bertz CT molecular complexity index is 701. The number of carbonyl (C=O) groups is 2. The van der Waals surface area contributed by atoms with Crippen molar-refractivity contribution in [1.82, 2.24) is 5.32 Å². The van der Waals surface area contributed by atoms with Gasteiger partial charge in [0.25, 0.3) is 0 Å². The molecule has 2 aromatic rings. The molecule has 5 nitrogen and oxygen atoms in total. The Morgan fingerprint density at radius 2 is 1.69 bits per heavy atom. The summed E-state index contributed by atoms with van der Waals surface area (Å²) in [5, 5.41) is 1.92. The normalized spacial score (nSPS) is 11.5. The van der Waals surface area contributed by atoms with Crippen LogP contribution in [0.25, 0.3) is 0 Å². The highest BCUT2D eigenvalue weighted by Gasteiger charge is 2.17. The van der Waals surface area contributed by atoms with Crippen LogP contribution in [0.5, 0.6) is 11.5 Å². The summed E-state index contributed by atoms with van der Waals surface area (Å²) in [6, 6.07) is 15.6. The van der Waals surface area contributed by atoms with Crippen LogP contribution in [-0.4, -0.2) is 37.5 Å². The molecule has 26 heavy (non-hydrogen) atoms. The van der Waals surface area contributed by atoms with E-state index in [1.165, 1.54) is 17.3 Å². The van der Waals surface area contributed by atoms with Crippen LogP contribution < -0.4 is 14.8 Å². The van der Waals surface area contributed by atoms with Crippen LogP contribution in [0.2, 0.25) is 0 Å². The first-order valence-electron chi connectivity index (χ1n) is 8.27. The highest BCUT2D eigenvalue weighted by molar-refractivity contribution is 7.99. The quantitative estimate of drug-likeness (QED) is 0.649. The van der Waals surface area contributed by atoms with E-state index < -0.39 is 0 Å². The van der Waals surface area contributed by atoms with Gasteiger partial charge in [-0.2, -0.15) is 11.8 Å². The molecular formula is C20H23NO4S. The van der Waals surface area contributed by atoms with Gasteiger partial charge in [-0.15, -0.1) is 0 Å². The van der Waals surface area contributed by atoms with Crippen molar-refractivity contribution in [3.05, 3.63) is 59.7 Å². The van der Waals surface area contributed by atoms with E-state index >= 15 is 0 Å². The lowest BCUT2D eigenvalue weighted by Crippen LogP contribution is -2.32. The van der Waals surface area contributed by atoms with Gasteiger partial charge >= 0.3 is 0 Å². The predicted molar refractivity (Wildman–Crippen MR) is 104 cm³/mol. The zero-order chi connectivity index (χ0) is 18.8. The molecule has 2 rings (SSSR count). The monoisotopic (exact) mass is 373 g/mol. The smallest absolute Gasteiger partial charge is 0.239 e. The summed E-state index contributed by atoms with van der Waals surface area (Å²) in [6.45, 7) is 0.584. The third-order valence-corrected chi connectivity index (χ3v) is 4.89. The minimum Gasteiger partial charge on any atom is -0.497 e. The van der Waals surface area contributed by atoms with Crippen LogP contribution in [0.3, 0.4) is 0 Å². The van der Waals surface area contributed by atoms with Gasteiger partial charge < -0.3 is 9.47 Å². The maximum absolute atomic E-state index is 11.8. The number of methoxy groups -OCH3 is 1. The molecule has 0 aromatic heterocycles. The lowest BCUT2D eigenvalue weighted by atomic mass is 10.1. The molecule has 0 aliphatic rings. The van der Waals surface area contributed by atoms with Crippen LogP contribution in [0, 0.1) is 0 Å². The van der Waals surface area contributed by atoms with Gasteiger partial charge in [-0.1, -0.05) is 24.3 Å². The molecule has 0 saturated carbocycles. The van der Waals surface area contributed by atoms with E-state index in [1.54, 1.807) is 7.11 Å². The van der Waals surface area contributed by atoms with Gasteiger partial charge in [-0.3, -0.25) is 14.9 Å². The average molecular weight is 373 g/mol. The number of carbonyl (C=O) groups excluding carboxylic acids is 2. The number of amides is 2. The molecule has 1 atom stereocenters. The molecule has 0 aliphatic carbocycles. The van der Waals surface area contributed by atoms with Crippen LogP contribution in [0.15, 0.2) is 48.5 Å². The summed E-state index contributed by atoms with van der Waals surface area (Å²) in [4.78, 5) is 22.2. The maximum atomic E-state index is 11.8. The first kappa shape index (κ1) is 19.8. The standard InChI is InChI=1S/C20H23NO4S/c1-24-17-7-3-15(4-8-17)11-12-25-18-9-5-16(6-10-18)13-19(26-2)20(23)21-14-22/h3-10,14,19H,11-13H2,1-2H3,(H,21,22,23). The number of hydrogen-bond donors (Lipinski definition) is 1. The van der Waals surface area contributed by atoms with Gasteiger partial charge in [0.1, 0.15) is 11.5 Å². The Balaban J connectivity index is 1.82. The van der Waals surface area contributed by atoms with Gasteiger partial charge in [0, 0.05) is 6.42 Å². The molecule has 138 valence electrons. The third-order valence-electron chi connectivity index (χ3n) is 3.94. The lowest BCUT2D eigenvalue weighted by molar-refractivity contribution is -0.124. The Kier molecular flexibility index (Phi) is 8.02. The molecule has 0 fully saturated rings. The minimum atomic E-state index is -0.290. The zero-order valence-electron chi connectivity index (χ0n) is 14.9. The molecule has 1 unspecified atom stereocenters. The van der Waals surface area contributed by atoms with Crippen molar-refractivity contribution >= 4 is 24.1 Å². The average Bonchev–Trinajstić information content (AvgIpc) is 2.68. The SMILES string of the molecule is COc1ccc(CCOc2ccc(CC(SC)C(=O)NC=O)cc2)cc1. The Morgan fingerprint density at radius 3 is 2.27 bits per heavy atom. The van der Waals surface area contributed by atoms with Crippen molar-refractivity contribution in [3.8, 4) is 11.5 Å². The van der Waals surface area contributed by atoms with E-state index in [4.69, 9.17) is 9.47 Å². The number of thioether (sulfide) groups is 1. The molecule has 0 spiro atoms. The first-order valence-corrected chi connectivity index (χ1v) is 9.56. The van der Waals surface area contributed by atoms with E-state index in [9.17, 15) is 9.59 Å². The van der Waals surface area contributed by atoms with Gasteiger partial charge in [0.2, 0.25) is 12.3 Å². The van der Waals surface area contributed by atoms with Crippen molar-refractivity contribution in [3.63, 3.8) is 0 Å². The van der Waals surface area contributed by atoms with Gasteiger partial charge in [-0.25, -0.2) is 0 Å². The van der Waals surface area contributed by atoms with Crippen molar-refractivity contribution in [2.45, 2.75) is 18.1 Å². The third kappa shape index (κ3) is 6.11. The number of nitrogens with one attached hydrogen (secondary N) is 1. The summed E-state index contributed by atoms with van der Waals surface area (Å²) in [5.41, 5.74) is 2.21. The molecule has 0 radical (unpaired) electrons. The second-order valence-electron chi connectivity index (χ2n) is 5.65. The number of imide groups is 1. The van der Waals surface area contributed by atoms with Gasteiger partial charge in [0.15, 0.2) is 0 Å². The molecule has 0 aliphatic heterocycles. The van der Waals surface area contributed by atoms with Crippen LogP contribution in [-0.2, 0) is 22.4 Å². The topological polar surface area (TPSA) is 64.6 Å². The molecule has 2 amide bonds. The lowest BCUT2D eigenvalue weighted by Gasteiger charge is -2.13. The number of ether oxygens (including phenoxy) is 2. The predicted octanol–water partition coefficient (Wildman–Crippen LogP) is 2.86. The fraction of sp³-hybridized carbons (Fsp3) is 0.300. The fourth-order valence-corrected chi connectivity index (χ4v) is 3.09. The zero-order valence-corrected chi connectivity index (χ0v) is 15.8. The minimum absolute atomic E-state index is 0.271. The first-order chi connectivity index (χ1) is 12.7. The van der Waals surface area contributed by atoms with Crippen molar-refractivity contribution < 1.29 is 19.1 Å². The van der Waals surface area contributed by atoms with E-state index in [-0.39, 0.29) is 11.2 Å². The van der Waals surface area contributed by atoms with Crippen LogP contribution in [0.1, 0.15) is 11.1 Å². The largest absolute Gasteiger partial charge is 0.497 e. The number of rotatable bonds is 10. The summed E-state index contributed by atoms with van der Waals surface area (Å²) < 4.78 is 10.9. The van der Waals surface area contributed by atoms with E-state index in [0.29, 0.717) is 19.4 Å². The molecule has 1 N–H and O–H groups in total. The Hall–Kier alpha value is -2.47. The van der Waals surface area contributed by atoms with E-state index in [0.717, 1.165) is 23.5 Å². The Labute approximate surface area is 158 Å². The van der Waals surface area contributed by atoms with Crippen molar-refractivity contribution in [2.24, 2.45) is 0 Å². The summed E-state index contributed by atoms with van der Waals surface area (Å²) >= 11 is 1.42. The molecule has 2 aromatic carbocycles. The molecule has 0 saturated heterocycles. The Morgan fingerprint density at radius 1 is 1.08 bits per heavy atom. The summed E-state index contributed by atoms with van der Waals surface area (Å²) in [6.07, 6.45) is 3.65. The molecule has 0 heterocycles. The van der Waals surface area contributed by atoms with Crippen LogP contribution in [0.4, 0.5) is 0 Å². The summed E-state index contributed by atoms with van der Waals surface area (Å²) in [7, 11) is 1.65. The van der Waals surface area contributed by atoms with Crippen LogP contribution >= 0.6 is 11.8 Å². The molecule has 6 heteroatoms. The fourth-order valence-electron chi connectivity index (χ4n) is 2.45. The van der Waals surface area contributed by atoms with E-state index in [2.05, 4.69) is 5.32 Å². The second-order valence-corrected chi connectivity index (χ2v) is 6.69. The molecule has 0 bridgehead atoms. The van der Waals surface area contributed by atoms with Crippen molar-refractivity contribution in [1.29, 1.82) is 0 Å². The highest BCUT2D eigenvalue weighted by atomic mass is 32.2.